The van der Waals surface area contributed by atoms with Gasteiger partial charge in [0, 0.05) is 29.2 Å². The number of aliphatic carboxylic acids is 1. The lowest BCUT2D eigenvalue weighted by molar-refractivity contribution is -0.140. The van der Waals surface area contributed by atoms with Gasteiger partial charge in [-0.15, -0.1) is 0 Å². The maximum Gasteiger partial charge on any atom is 0.305 e. The number of carbonyl (C=O) groups is 2. The van der Waals surface area contributed by atoms with Crippen molar-refractivity contribution in [1.82, 2.24) is 5.32 Å². The summed E-state index contributed by atoms with van der Waals surface area (Å²) in [5.74, 6) is -1.12. The monoisotopic (exact) mass is 371 g/mol. The Morgan fingerprint density at radius 3 is 2.62 bits per heavy atom. The molecule has 1 saturated carbocycles. The molecule has 24 heavy (non-hydrogen) atoms. The predicted octanol–water partition coefficient (Wildman–Crippen LogP) is 3.24. The van der Waals surface area contributed by atoms with E-state index in [9.17, 15) is 9.59 Å². The molecular formula is C17H19Cl2NO4. The third kappa shape index (κ3) is 3.85. The maximum atomic E-state index is 12.6. The summed E-state index contributed by atoms with van der Waals surface area (Å²) in [5, 5.41) is 13.3. The highest BCUT2D eigenvalue weighted by Crippen LogP contribution is 2.50. The van der Waals surface area contributed by atoms with Gasteiger partial charge in [0.2, 0.25) is 5.91 Å². The summed E-state index contributed by atoms with van der Waals surface area (Å²) >= 11 is 12.1. The molecule has 3 rings (SSSR count). The van der Waals surface area contributed by atoms with Crippen molar-refractivity contribution < 1.29 is 19.4 Å². The highest BCUT2D eigenvalue weighted by atomic mass is 35.5. The topological polar surface area (TPSA) is 75.6 Å². The SMILES string of the molecule is O=C(O)CC1(NC(=O)C2CC2c2ccc(Cl)cc2Cl)CCOCC1. The van der Waals surface area contributed by atoms with Crippen molar-refractivity contribution in [2.45, 2.75) is 37.1 Å². The van der Waals surface area contributed by atoms with Gasteiger partial charge in [-0.2, -0.15) is 0 Å². The summed E-state index contributed by atoms with van der Waals surface area (Å²) in [5.41, 5.74) is 0.207. The molecule has 7 heteroatoms. The third-order valence-electron chi connectivity index (χ3n) is 4.82. The molecule has 1 aromatic rings. The number of carboxylic acids is 1. The first-order valence-corrected chi connectivity index (χ1v) is 8.72. The Kier molecular flexibility index (Phi) is 5.04. The second-order valence-corrected chi connectivity index (χ2v) is 7.41. The molecule has 1 aliphatic heterocycles. The lowest BCUT2D eigenvalue weighted by Crippen LogP contribution is -2.53. The number of nitrogens with one attached hydrogen (secondary N) is 1. The Hall–Kier alpha value is -1.30. The lowest BCUT2D eigenvalue weighted by atomic mass is 9.86. The Morgan fingerprint density at radius 2 is 2.00 bits per heavy atom. The fraction of sp³-hybridized carbons (Fsp3) is 0.529. The van der Waals surface area contributed by atoms with Gasteiger partial charge in [0.05, 0.1) is 12.0 Å². The zero-order chi connectivity index (χ0) is 17.3. The molecule has 0 spiro atoms. The van der Waals surface area contributed by atoms with Crippen LogP contribution in [0.2, 0.25) is 10.0 Å². The largest absolute Gasteiger partial charge is 0.481 e. The average molecular weight is 372 g/mol. The summed E-state index contributed by atoms with van der Waals surface area (Å²) in [6, 6.07) is 5.29. The molecule has 2 fully saturated rings. The van der Waals surface area contributed by atoms with Crippen LogP contribution in [0.4, 0.5) is 0 Å². The molecule has 1 heterocycles. The van der Waals surface area contributed by atoms with E-state index in [1.54, 1.807) is 12.1 Å². The van der Waals surface area contributed by atoms with E-state index in [0.29, 0.717) is 42.5 Å². The van der Waals surface area contributed by atoms with Gasteiger partial charge < -0.3 is 15.2 Å². The molecule has 1 aliphatic carbocycles. The summed E-state index contributed by atoms with van der Waals surface area (Å²) in [6.07, 6.45) is 1.67. The van der Waals surface area contributed by atoms with Crippen molar-refractivity contribution in [2.75, 3.05) is 13.2 Å². The van der Waals surface area contributed by atoms with Gasteiger partial charge >= 0.3 is 5.97 Å². The molecule has 2 N–H and O–H groups in total. The average Bonchev–Trinajstić information content (AvgIpc) is 3.27. The normalized spacial score (nSPS) is 25.1. The van der Waals surface area contributed by atoms with Gasteiger partial charge in [-0.1, -0.05) is 29.3 Å². The molecule has 2 atom stereocenters. The van der Waals surface area contributed by atoms with E-state index in [0.717, 1.165) is 5.56 Å². The van der Waals surface area contributed by atoms with Crippen LogP contribution in [0.1, 0.15) is 37.2 Å². The van der Waals surface area contributed by atoms with E-state index < -0.39 is 11.5 Å². The van der Waals surface area contributed by atoms with E-state index in [1.807, 2.05) is 6.07 Å². The van der Waals surface area contributed by atoms with Crippen molar-refractivity contribution in [3.8, 4) is 0 Å². The van der Waals surface area contributed by atoms with Crippen LogP contribution < -0.4 is 5.32 Å². The van der Waals surface area contributed by atoms with Crippen molar-refractivity contribution in [3.63, 3.8) is 0 Å². The van der Waals surface area contributed by atoms with Gasteiger partial charge in [-0.3, -0.25) is 9.59 Å². The van der Waals surface area contributed by atoms with Gasteiger partial charge in [0.25, 0.3) is 0 Å². The number of hydrogen-bond donors (Lipinski definition) is 2. The lowest BCUT2D eigenvalue weighted by Gasteiger charge is -2.37. The van der Waals surface area contributed by atoms with Crippen LogP contribution in [-0.2, 0) is 14.3 Å². The minimum Gasteiger partial charge on any atom is -0.481 e. The minimum absolute atomic E-state index is 0.0662. The molecule has 0 aromatic heterocycles. The second kappa shape index (κ2) is 6.90. The molecule has 0 bridgehead atoms. The molecular weight excluding hydrogens is 353 g/mol. The van der Waals surface area contributed by atoms with Crippen LogP contribution in [-0.4, -0.2) is 35.7 Å². The predicted molar refractivity (Wildman–Crippen MR) is 90.5 cm³/mol. The van der Waals surface area contributed by atoms with E-state index >= 15 is 0 Å². The van der Waals surface area contributed by atoms with Crippen LogP contribution in [0.15, 0.2) is 18.2 Å². The Labute approximate surface area is 150 Å². The second-order valence-electron chi connectivity index (χ2n) is 6.57. The number of amides is 1. The van der Waals surface area contributed by atoms with Gasteiger partial charge in [-0.05, 0) is 42.9 Å². The van der Waals surface area contributed by atoms with E-state index in [1.165, 1.54) is 0 Å². The molecule has 2 aliphatic rings. The first-order chi connectivity index (χ1) is 11.4. The smallest absolute Gasteiger partial charge is 0.305 e. The fourth-order valence-electron chi connectivity index (χ4n) is 3.38. The maximum absolute atomic E-state index is 12.6. The highest BCUT2D eigenvalue weighted by Gasteiger charge is 2.47. The van der Waals surface area contributed by atoms with E-state index in [2.05, 4.69) is 5.32 Å². The summed E-state index contributed by atoms with van der Waals surface area (Å²) in [7, 11) is 0. The van der Waals surface area contributed by atoms with Crippen LogP contribution in [0, 0.1) is 5.92 Å². The number of benzene rings is 1. The fourth-order valence-corrected chi connectivity index (χ4v) is 3.93. The molecule has 1 amide bonds. The third-order valence-corrected chi connectivity index (χ3v) is 5.38. The number of carbonyl (C=O) groups excluding carboxylic acids is 1. The Bertz CT molecular complexity index is 658. The number of halogens is 2. The summed E-state index contributed by atoms with van der Waals surface area (Å²) in [4.78, 5) is 23.8. The number of carboxylic acid groups (broad SMARTS) is 1. The van der Waals surface area contributed by atoms with Gasteiger partial charge in [0.15, 0.2) is 0 Å². The van der Waals surface area contributed by atoms with Crippen molar-refractivity contribution in [1.29, 1.82) is 0 Å². The van der Waals surface area contributed by atoms with E-state index in [4.69, 9.17) is 33.0 Å². The van der Waals surface area contributed by atoms with Crippen molar-refractivity contribution in [3.05, 3.63) is 33.8 Å². The Morgan fingerprint density at radius 1 is 1.29 bits per heavy atom. The van der Waals surface area contributed by atoms with Crippen LogP contribution >= 0.6 is 23.2 Å². The molecule has 1 aromatic carbocycles. The minimum atomic E-state index is -0.912. The van der Waals surface area contributed by atoms with Gasteiger partial charge in [0.1, 0.15) is 0 Å². The van der Waals surface area contributed by atoms with E-state index in [-0.39, 0.29) is 24.2 Å². The molecule has 0 radical (unpaired) electrons. The van der Waals surface area contributed by atoms with Crippen LogP contribution in [0.5, 0.6) is 0 Å². The van der Waals surface area contributed by atoms with Crippen molar-refractivity contribution >= 4 is 35.1 Å². The molecule has 5 nitrogen and oxygen atoms in total. The molecule has 2 unspecified atom stereocenters. The number of rotatable bonds is 5. The number of ether oxygens (including phenoxy) is 1. The molecule has 1 saturated heterocycles. The summed E-state index contributed by atoms with van der Waals surface area (Å²) in [6.45, 7) is 0.926. The highest BCUT2D eigenvalue weighted by molar-refractivity contribution is 6.35. The van der Waals surface area contributed by atoms with Gasteiger partial charge in [-0.25, -0.2) is 0 Å². The zero-order valence-corrected chi connectivity index (χ0v) is 14.6. The first-order valence-electron chi connectivity index (χ1n) is 7.97. The van der Waals surface area contributed by atoms with Crippen LogP contribution in [0.25, 0.3) is 0 Å². The van der Waals surface area contributed by atoms with Crippen LogP contribution in [0.3, 0.4) is 0 Å². The standard InChI is InChI=1S/C17H19Cl2NO4/c18-10-1-2-11(14(19)7-10)12-8-13(12)16(23)20-17(9-15(21)22)3-5-24-6-4-17/h1-2,7,12-13H,3-6,8-9H2,(H,20,23)(H,21,22). The quantitative estimate of drug-likeness (QED) is 0.832. The zero-order valence-electron chi connectivity index (χ0n) is 13.1. The number of hydrogen-bond acceptors (Lipinski definition) is 3. The Balaban J connectivity index is 1.67. The molecule has 130 valence electrons. The summed E-state index contributed by atoms with van der Waals surface area (Å²) < 4.78 is 5.31. The first kappa shape index (κ1) is 17.5. The van der Waals surface area contributed by atoms with Crippen molar-refractivity contribution in [2.24, 2.45) is 5.92 Å².